The van der Waals surface area contributed by atoms with Gasteiger partial charge in [-0.3, -0.25) is 4.79 Å². The molecule has 2 heterocycles. The molecule has 0 unspecified atom stereocenters. The second-order valence-corrected chi connectivity index (χ2v) is 10.6. The first-order valence-electron chi connectivity index (χ1n) is 10.9. The van der Waals surface area contributed by atoms with Gasteiger partial charge in [-0.1, -0.05) is 11.3 Å². The standard InChI is InChI=1S/C23H26N4O6S2/c1-31-18-6-3-16(4-7-18)22-25-26-23(34-22)24-21(28)10-5-17-15-19(8-9-20(17)32-2)35(29,30)27-11-13-33-14-12-27/h3-4,6-9,15H,5,10-14H2,1-2H3,(H,24,26,28). The van der Waals surface area contributed by atoms with Gasteiger partial charge in [-0.05, 0) is 54.4 Å². The van der Waals surface area contributed by atoms with E-state index in [1.54, 1.807) is 19.2 Å². The van der Waals surface area contributed by atoms with Crippen molar-refractivity contribution in [1.82, 2.24) is 14.5 Å². The molecule has 0 spiro atoms. The number of hydrogen-bond acceptors (Lipinski definition) is 9. The van der Waals surface area contributed by atoms with E-state index in [9.17, 15) is 13.2 Å². The first kappa shape index (κ1) is 25.0. The van der Waals surface area contributed by atoms with Crippen LogP contribution in [-0.4, -0.2) is 69.4 Å². The van der Waals surface area contributed by atoms with Crippen LogP contribution < -0.4 is 14.8 Å². The van der Waals surface area contributed by atoms with Crippen LogP contribution in [0.1, 0.15) is 12.0 Å². The molecule has 0 saturated carbocycles. The Morgan fingerprint density at radius 1 is 1.09 bits per heavy atom. The van der Waals surface area contributed by atoms with E-state index >= 15 is 0 Å². The number of carbonyl (C=O) groups excluding carboxylic acids is 1. The van der Waals surface area contributed by atoms with Crippen LogP contribution in [0.2, 0.25) is 0 Å². The predicted octanol–water partition coefficient (Wildman–Crippen LogP) is 2.81. The van der Waals surface area contributed by atoms with Gasteiger partial charge in [-0.15, -0.1) is 10.2 Å². The van der Waals surface area contributed by atoms with Crippen LogP contribution in [0.4, 0.5) is 5.13 Å². The average molecular weight is 519 g/mol. The summed E-state index contributed by atoms with van der Waals surface area (Å²) in [7, 11) is -0.541. The minimum atomic E-state index is -3.65. The molecular weight excluding hydrogens is 492 g/mol. The number of nitrogens with zero attached hydrogens (tertiary/aromatic N) is 3. The predicted molar refractivity (Wildman–Crippen MR) is 131 cm³/mol. The molecule has 1 aromatic heterocycles. The third-order valence-corrected chi connectivity index (χ3v) is 8.27. The first-order valence-corrected chi connectivity index (χ1v) is 13.2. The molecule has 1 N–H and O–H groups in total. The third kappa shape index (κ3) is 5.96. The van der Waals surface area contributed by atoms with Crippen molar-refractivity contribution in [2.45, 2.75) is 17.7 Å². The topological polar surface area (TPSA) is 120 Å². The summed E-state index contributed by atoms with van der Waals surface area (Å²) in [6.45, 7) is 1.36. The average Bonchev–Trinajstić information content (AvgIpc) is 3.36. The van der Waals surface area contributed by atoms with Crippen molar-refractivity contribution in [2.75, 3.05) is 45.8 Å². The van der Waals surface area contributed by atoms with E-state index < -0.39 is 10.0 Å². The zero-order valence-corrected chi connectivity index (χ0v) is 21.0. The molecule has 2 aromatic carbocycles. The number of carbonyl (C=O) groups is 1. The Morgan fingerprint density at radius 2 is 1.83 bits per heavy atom. The highest BCUT2D eigenvalue weighted by Crippen LogP contribution is 2.29. The quantitative estimate of drug-likeness (QED) is 0.459. The maximum atomic E-state index is 13.0. The molecule has 1 aliphatic heterocycles. The van der Waals surface area contributed by atoms with Crippen molar-refractivity contribution in [1.29, 1.82) is 0 Å². The van der Waals surface area contributed by atoms with E-state index in [4.69, 9.17) is 14.2 Å². The number of benzene rings is 2. The minimum Gasteiger partial charge on any atom is -0.497 e. The summed E-state index contributed by atoms with van der Waals surface area (Å²) in [5.74, 6) is 1.01. The van der Waals surface area contributed by atoms with Crippen molar-refractivity contribution in [3.63, 3.8) is 0 Å². The van der Waals surface area contributed by atoms with Crippen LogP contribution >= 0.6 is 11.3 Å². The van der Waals surface area contributed by atoms with E-state index in [-0.39, 0.29) is 17.2 Å². The highest BCUT2D eigenvalue weighted by atomic mass is 32.2. The molecule has 0 bridgehead atoms. The van der Waals surface area contributed by atoms with Gasteiger partial charge in [-0.25, -0.2) is 8.42 Å². The highest BCUT2D eigenvalue weighted by Gasteiger charge is 2.27. The summed E-state index contributed by atoms with van der Waals surface area (Å²) in [5.41, 5.74) is 1.50. The lowest BCUT2D eigenvalue weighted by Gasteiger charge is -2.26. The number of aryl methyl sites for hydroxylation is 1. The number of nitrogens with one attached hydrogen (secondary N) is 1. The molecule has 1 fully saturated rings. The minimum absolute atomic E-state index is 0.120. The molecule has 3 aromatic rings. The lowest BCUT2D eigenvalue weighted by Crippen LogP contribution is -2.40. The fraction of sp³-hybridized carbons (Fsp3) is 0.348. The summed E-state index contributed by atoms with van der Waals surface area (Å²) >= 11 is 1.26. The van der Waals surface area contributed by atoms with Crippen molar-refractivity contribution >= 4 is 32.4 Å². The second kappa shape index (κ2) is 11.1. The molecule has 10 nitrogen and oxygen atoms in total. The molecule has 186 valence electrons. The largest absolute Gasteiger partial charge is 0.497 e. The Bertz CT molecular complexity index is 1270. The zero-order valence-electron chi connectivity index (χ0n) is 19.4. The van der Waals surface area contributed by atoms with Gasteiger partial charge in [0.1, 0.15) is 16.5 Å². The number of morpholine rings is 1. The maximum absolute atomic E-state index is 13.0. The monoisotopic (exact) mass is 518 g/mol. The molecule has 1 saturated heterocycles. The molecule has 0 atom stereocenters. The van der Waals surface area contributed by atoms with Crippen molar-refractivity contribution in [3.8, 4) is 22.1 Å². The Morgan fingerprint density at radius 3 is 2.51 bits per heavy atom. The van der Waals surface area contributed by atoms with Gasteiger partial charge in [-0.2, -0.15) is 4.31 Å². The first-order chi connectivity index (χ1) is 16.9. The van der Waals surface area contributed by atoms with Crippen molar-refractivity contribution < 1.29 is 27.4 Å². The van der Waals surface area contributed by atoms with Crippen molar-refractivity contribution in [3.05, 3.63) is 48.0 Å². The van der Waals surface area contributed by atoms with E-state index in [1.165, 1.54) is 28.8 Å². The number of hydrogen-bond donors (Lipinski definition) is 1. The number of anilines is 1. The molecule has 12 heteroatoms. The van der Waals surface area contributed by atoms with Crippen LogP contribution in [0.3, 0.4) is 0 Å². The van der Waals surface area contributed by atoms with Crippen LogP contribution in [0.15, 0.2) is 47.4 Å². The van der Waals surface area contributed by atoms with E-state index in [0.717, 1.165) is 11.3 Å². The molecular formula is C23H26N4O6S2. The summed E-state index contributed by atoms with van der Waals surface area (Å²) in [4.78, 5) is 12.7. The lowest BCUT2D eigenvalue weighted by atomic mass is 10.1. The van der Waals surface area contributed by atoms with Gasteiger partial charge in [0.25, 0.3) is 0 Å². The fourth-order valence-electron chi connectivity index (χ4n) is 3.60. The molecule has 1 aliphatic rings. The summed E-state index contributed by atoms with van der Waals surface area (Å²) in [5, 5.41) is 12.0. The van der Waals surface area contributed by atoms with Crippen LogP contribution in [0, 0.1) is 0 Å². The molecule has 0 aliphatic carbocycles. The summed E-state index contributed by atoms with van der Waals surface area (Å²) in [6, 6.07) is 12.1. The van der Waals surface area contributed by atoms with Crippen LogP contribution in [0.5, 0.6) is 11.5 Å². The second-order valence-electron chi connectivity index (χ2n) is 7.68. The van der Waals surface area contributed by atoms with E-state index in [0.29, 0.717) is 54.2 Å². The number of sulfonamides is 1. The van der Waals surface area contributed by atoms with Crippen LogP contribution in [0.25, 0.3) is 10.6 Å². The van der Waals surface area contributed by atoms with Crippen molar-refractivity contribution in [2.24, 2.45) is 0 Å². The molecule has 1 amide bonds. The molecule has 35 heavy (non-hydrogen) atoms. The lowest BCUT2D eigenvalue weighted by molar-refractivity contribution is -0.116. The van der Waals surface area contributed by atoms with Gasteiger partial charge in [0, 0.05) is 25.1 Å². The summed E-state index contributed by atoms with van der Waals surface area (Å²) in [6.07, 6.45) is 0.417. The zero-order chi connectivity index (χ0) is 24.8. The van der Waals surface area contributed by atoms with Gasteiger partial charge in [0.15, 0.2) is 0 Å². The smallest absolute Gasteiger partial charge is 0.243 e. The Labute approximate surface area is 207 Å². The highest BCUT2D eigenvalue weighted by molar-refractivity contribution is 7.89. The van der Waals surface area contributed by atoms with Gasteiger partial charge in [0.05, 0.1) is 32.3 Å². The Kier molecular flexibility index (Phi) is 7.96. The number of amides is 1. The number of rotatable bonds is 9. The normalized spacial score (nSPS) is 14.5. The maximum Gasteiger partial charge on any atom is 0.243 e. The van der Waals surface area contributed by atoms with Crippen LogP contribution in [-0.2, 0) is 26.0 Å². The van der Waals surface area contributed by atoms with E-state index in [2.05, 4.69) is 15.5 Å². The summed E-state index contributed by atoms with van der Waals surface area (Å²) < 4.78 is 43.2. The number of ether oxygens (including phenoxy) is 3. The number of aromatic nitrogens is 2. The Balaban J connectivity index is 1.41. The number of methoxy groups -OCH3 is 2. The third-order valence-electron chi connectivity index (χ3n) is 5.49. The van der Waals surface area contributed by atoms with Gasteiger partial charge in [0.2, 0.25) is 21.1 Å². The van der Waals surface area contributed by atoms with Gasteiger partial charge >= 0.3 is 0 Å². The molecule has 0 radical (unpaired) electrons. The van der Waals surface area contributed by atoms with Gasteiger partial charge < -0.3 is 19.5 Å². The fourth-order valence-corrected chi connectivity index (χ4v) is 5.83. The van der Waals surface area contributed by atoms with E-state index in [1.807, 2.05) is 24.3 Å². The Hall–Kier alpha value is -3.06. The SMILES string of the molecule is COc1ccc(-c2nnc(NC(=O)CCc3cc(S(=O)(=O)N4CCOCC4)ccc3OC)s2)cc1. The molecule has 4 rings (SSSR count).